The van der Waals surface area contributed by atoms with E-state index in [1.54, 1.807) is 6.07 Å². The van der Waals surface area contributed by atoms with Crippen LogP contribution in [0.1, 0.15) is 99.8 Å². The average Bonchev–Trinajstić information content (AvgIpc) is 3.89. The molecule has 3 aromatic carbocycles. The topological polar surface area (TPSA) is 79.3 Å². The quantitative estimate of drug-likeness (QED) is 0.0997. The molecule has 3 aromatic rings. The molecule has 51 heavy (non-hydrogen) atoms. The number of amides is 1. The molecule has 7 heteroatoms. The molecule has 0 aromatic heterocycles. The van der Waals surface area contributed by atoms with E-state index in [1.807, 2.05) is 0 Å². The van der Waals surface area contributed by atoms with E-state index in [0.717, 1.165) is 101 Å². The molecule has 7 nitrogen and oxygen atoms in total. The molecule has 1 spiro atoms. The molecule has 3 fully saturated rings. The van der Waals surface area contributed by atoms with Crippen LogP contribution in [0.4, 0.5) is 0 Å². The van der Waals surface area contributed by atoms with Gasteiger partial charge in [-0.25, -0.2) is 0 Å². The maximum atomic E-state index is 14.4. The Hall–Kier alpha value is -3.84. The van der Waals surface area contributed by atoms with Gasteiger partial charge in [0.2, 0.25) is 5.91 Å². The number of carbonyl (C=O) groups excluding carboxylic acids is 2. The standard InChI is InChI=1S/C44H54N2O5/c1-30(47)50-39-28-38(48)34-27-37-35-22-23-36(43-44(35,41(34)42(39)51-43)24-26-45(37)29-33-20-21-33)46(25-12-11-18-32-15-7-3-8-16-32)40(49)19-10-4-9-17-31-13-5-2-6-14-31/h2-3,5-8,13-16,28,33,35-37,43,48H,4,9-12,17-27,29H2,1H3/t35-,36-,37+,43-,44-/m0/s1. The summed E-state index contributed by atoms with van der Waals surface area (Å²) in [5.74, 6) is 2.13. The van der Waals surface area contributed by atoms with Crippen molar-refractivity contribution in [3.8, 4) is 17.2 Å². The number of phenols is 1. The molecule has 5 aliphatic rings. The molecule has 2 heterocycles. The van der Waals surface area contributed by atoms with Crippen molar-refractivity contribution >= 4 is 11.9 Å². The van der Waals surface area contributed by atoms with Crippen LogP contribution in [0.3, 0.4) is 0 Å². The van der Waals surface area contributed by atoms with Crippen molar-refractivity contribution in [3.63, 3.8) is 0 Å². The second-order valence-electron chi connectivity index (χ2n) is 16.0. The Morgan fingerprint density at radius 3 is 2.31 bits per heavy atom. The van der Waals surface area contributed by atoms with Crippen molar-refractivity contribution in [2.75, 3.05) is 19.6 Å². The molecule has 2 aliphatic heterocycles. The van der Waals surface area contributed by atoms with Crippen molar-refractivity contribution < 1.29 is 24.2 Å². The fraction of sp³-hybridized carbons (Fsp3) is 0.545. The normalized spacial score (nSPS) is 25.9. The van der Waals surface area contributed by atoms with Crippen molar-refractivity contribution in [2.24, 2.45) is 11.8 Å². The van der Waals surface area contributed by atoms with Crippen LogP contribution in [0.5, 0.6) is 17.2 Å². The van der Waals surface area contributed by atoms with Gasteiger partial charge in [-0.1, -0.05) is 67.1 Å². The van der Waals surface area contributed by atoms with Crippen molar-refractivity contribution in [1.29, 1.82) is 0 Å². The second-order valence-corrected chi connectivity index (χ2v) is 16.0. The second kappa shape index (κ2) is 14.7. The van der Waals surface area contributed by atoms with E-state index in [2.05, 4.69) is 70.5 Å². The van der Waals surface area contributed by atoms with E-state index in [1.165, 1.54) is 30.9 Å². The summed E-state index contributed by atoms with van der Waals surface area (Å²) in [6.07, 6.45) is 13.6. The first-order valence-corrected chi connectivity index (χ1v) is 19.8. The number of ether oxygens (including phenoxy) is 2. The molecule has 2 saturated carbocycles. The predicted octanol–water partition coefficient (Wildman–Crippen LogP) is 7.79. The number of benzene rings is 3. The summed E-state index contributed by atoms with van der Waals surface area (Å²) in [4.78, 5) is 31.6. The van der Waals surface area contributed by atoms with Crippen LogP contribution in [0.25, 0.3) is 0 Å². The van der Waals surface area contributed by atoms with E-state index >= 15 is 0 Å². The van der Waals surface area contributed by atoms with Crippen LogP contribution < -0.4 is 9.47 Å². The summed E-state index contributed by atoms with van der Waals surface area (Å²) in [6, 6.07) is 23.1. The maximum absolute atomic E-state index is 14.4. The van der Waals surface area contributed by atoms with Crippen LogP contribution in [0.2, 0.25) is 0 Å². The van der Waals surface area contributed by atoms with Gasteiger partial charge in [0.05, 0.1) is 6.04 Å². The molecular weight excluding hydrogens is 636 g/mol. The third kappa shape index (κ3) is 6.79. The molecule has 1 N–H and O–H groups in total. The summed E-state index contributed by atoms with van der Waals surface area (Å²) in [6.45, 7) is 4.24. The zero-order valence-electron chi connectivity index (χ0n) is 30.2. The Balaban J connectivity index is 1.06. The lowest BCUT2D eigenvalue weighted by molar-refractivity contribution is -0.143. The SMILES string of the molecule is CC(=O)Oc1cc(O)c2c3c1O[C@H]1[C@@H](N(CCCCc4ccccc4)C(=O)CCCCCc4ccccc4)CC[C@H]4[C@@H](C2)N(CC2CC2)CC[C@@]341. The molecule has 5 atom stereocenters. The number of esters is 1. The van der Waals surface area contributed by atoms with Crippen LogP contribution in [-0.2, 0) is 34.3 Å². The van der Waals surface area contributed by atoms with Gasteiger partial charge in [-0.15, -0.1) is 0 Å². The Kier molecular flexibility index (Phi) is 9.84. The number of nitrogens with zero attached hydrogens (tertiary/aromatic N) is 2. The number of unbranched alkanes of at least 4 members (excludes halogenated alkanes) is 3. The van der Waals surface area contributed by atoms with E-state index in [9.17, 15) is 14.7 Å². The third-order valence-corrected chi connectivity index (χ3v) is 12.8. The zero-order chi connectivity index (χ0) is 35.0. The number of rotatable bonds is 15. The largest absolute Gasteiger partial charge is 0.508 e. The minimum absolute atomic E-state index is 0.0731. The molecule has 1 saturated heterocycles. The van der Waals surface area contributed by atoms with Crippen molar-refractivity contribution in [1.82, 2.24) is 9.80 Å². The van der Waals surface area contributed by atoms with E-state index < -0.39 is 5.97 Å². The van der Waals surface area contributed by atoms with Gasteiger partial charge < -0.3 is 19.5 Å². The minimum atomic E-state index is -0.426. The first-order chi connectivity index (χ1) is 24.9. The highest BCUT2D eigenvalue weighted by Gasteiger charge is 2.67. The highest BCUT2D eigenvalue weighted by Crippen LogP contribution is 2.66. The smallest absolute Gasteiger partial charge is 0.308 e. The van der Waals surface area contributed by atoms with Gasteiger partial charge in [-0.2, -0.15) is 0 Å². The molecule has 0 unspecified atom stereocenters. The fourth-order valence-corrected chi connectivity index (χ4v) is 10.4. The van der Waals surface area contributed by atoms with Gasteiger partial charge in [-0.05, 0) is 107 Å². The Labute approximate surface area is 303 Å². The summed E-state index contributed by atoms with van der Waals surface area (Å²) >= 11 is 0. The van der Waals surface area contributed by atoms with Gasteiger partial charge in [0, 0.05) is 55.1 Å². The number of likely N-dealkylation sites (tertiary alicyclic amines) is 1. The molecule has 270 valence electrons. The first kappa shape index (κ1) is 34.3. The van der Waals surface area contributed by atoms with Crippen LogP contribution in [0.15, 0.2) is 66.7 Å². The van der Waals surface area contributed by atoms with Gasteiger partial charge in [-0.3, -0.25) is 14.5 Å². The number of aromatic hydroxyl groups is 1. The summed E-state index contributed by atoms with van der Waals surface area (Å²) in [7, 11) is 0. The van der Waals surface area contributed by atoms with Crippen molar-refractivity contribution in [3.05, 3.63) is 89.0 Å². The van der Waals surface area contributed by atoms with E-state index in [4.69, 9.17) is 9.47 Å². The van der Waals surface area contributed by atoms with Crippen LogP contribution in [-0.4, -0.2) is 64.6 Å². The lowest BCUT2D eigenvalue weighted by atomic mass is 9.50. The zero-order valence-corrected chi connectivity index (χ0v) is 30.2. The third-order valence-electron chi connectivity index (χ3n) is 12.8. The number of aryl methyl sites for hydroxylation is 2. The van der Waals surface area contributed by atoms with Gasteiger partial charge in [0.15, 0.2) is 11.5 Å². The molecule has 8 rings (SSSR count). The van der Waals surface area contributed by atoms with Crippen LogP contribution in [0, 0.1) is 11.8 Å². The summed E-state index contributed by atoms with van der Waals surface area (Å²) in [5, 5.41) is 11.5. The maximum Gasteiger partial charge on any atom is 0.308 e. The van der Waals surface area contributed by atoms with E-state index in [-0.39, 0.29) is 29.2 Å². The van der Waals surface area contributed by atoms with Gasteiger partial charge >= 0.3 is 5.97 Å². The first-order valence-electron chi connectivity index (χ1n) is 19.8. The molecule has 3 aliphatic carbocycles. The Morgan fingerprint density at radius 2 is 1.63 bits per heavy atom. The lowest BCUT2D eigenvalue weighted by Gasteiger charge is -2.60. The van der Waals surface area contributed by atoms with Crippen molar-refractivity contribution in [2.45, 2.75) is 120 Å². The molecule has 1 amide bonds. The number of phenolic OH excluding ortho intramolecular Hbond substituents is 1. The fourth-order valence-electron chi connectivity index (χ4n) is 10.4. The minimum Gasteiger partial charge on any atom is -0.508 e. The van der Waals surface area contributed by atoms with E-state index in [0.29, 0.717) is 36.4 Å². The Morgan fingerprint density at radius 1 is 0.922 bits per heavy atom. The average molecular weight is 691 g/mol. The van der Waals surface area contributed by atoms with Gasteiger partial charge in [0.1, 0.15) is 11.9 Å². The number of carbonyl (C=O) groups is 2. The molecule has 2 bridgehead atoms. The molecular formula is C44H54N2O5. The van der Waals surface area contributed by atoms with Crippen LogP contribution >= 0.6 is 0 Å². The summed E-state index contributed by atoms with van der Waals surface area (Å²) in [5.41, 5.74) is 4.40. The summed E-state index contributed by atoms with van der Waals surface area (Å²) < 4.78 is 12.8. The molecule has 0 radical (unpaired) electrons. The Bertz CT molecular complexity index is 1710. The number of piperidine rings is 1. The number of hydrogen-bond donors (Lipinski definition) is 1. The number of hydrogen-bond acceptors (Lipinski definition) is 6. The highest BCUT2D eigenvalue weighted by atomic mass is 16.6. The predicted molar refractivity (Wildman–Crippen MR) is 198 cm³/mol. The van der Waals surface area contributed by atoms with Gasteiger partial charge in [0.25, 0.3) is 0 Å². The monoisotopic (exact) mass is 690 g/mol. The highest BCUT2D eigenvalue weighted by molar-refractivity contribution is 5.77. The lowest BCUT2D eigenvalue weighted by Crippen LogP contribution is -2.69.